The maximum atomic E-state index is 11.3. The molecule has 8 heteroatoms. The number of fused-ring (bicyclic) bond motifs is 1. The highest BCUT2D eigenvalue weighted by molar-refractivity contribution is 14.0. The number of thioether (sulfide) groups is 1. The first kappa shape index (κ1) is 26.0. The molecule has 0 amide bonds. The summed E-state index contributed by atoms with van der Waals surface area (Å²) in [6, 6.07) is 15.0. The summed E-state index contributed by atoms with van der Waals surface area (Å²) in [6.07, 6.45) is 1.84. The van der Waals surface area contributed by atoms with E-state index in [1.54, 1.807) is 0 Å². The van der Waals surface area contributed by atoms with Crippen LogP contribution in [0.3, 0.4) is 0 Å². The number of nitrogens with zero attached hydrogens (tertiary/aromatic N) is 1. The van der Waals surface area contributed by atoms with E-state index in [1.165, 1.54) is 22.6 Å². The number of sulfone groups is 1. The standard InChI is InChI=1S/C21H31N3O2S2.HI/c1-4-22-21(24-17(2)12-15-28(3,25)26)23-13-14-27-16-19-10-7-9-18-8-5-6-11-20(18)19;/h5-11,17H,4,12-16H2,1-3H3,(H2,22,23,24);1H. The molecule has 0 heterocycles. The first-order chi connectivity index (χ1) is 13.4. The largest absolute Gasteiger partial charge is 0.357 e. The minimum atomic E-state index is -2.94. The van der Waals surface area contributed by atoms with Gasteiger partial charge in [-0.25, -0.2) is 8.42 Å². The number of hydrogen-bond acceptors (Lipinski definition) is 4. The molecular weight excluding hydrogens is 517 g/mol. The van der Waals surface area contributed by atoms with Crippen molar-refractivity contribution >= 4 is 62.3 Å². The van der Waals surface area contributed by atoms with Crippen LogP contribution >= 0.6 is 35.7 Å². The van der Waals surface area contributed by atoms with Crippen LogP contribution < -0.4 is 10.6 Å². The molecule has 2 N–H and O–H groups in total. The molecule has 2 rings (SSSR count). The first-order valence-electron chi connectivity index (χ1n) is 9.66. The van der Waals surface area contributed by atoms with Gasteiger partial charge in [-0.1, -0.05) is 42.5 Å². The van der Waals surface area contributed by atoms with Crippen molar-refractivity contribution < 1.29 is 8.42 Å². The number of benzene rings is 2. The molecular formula is C21H32IN3O2S2. The molecule has 0 aliphatic carbocycles. The van der Waals surface area contributed by atoms with Gasteiger partial charge in [-0.3, -0.25) is 4.99 Å². The minimum Gasteiger partial charge on any atom is -0.357 e. The van der Waals surface area contributed by atoms with Gasteiger partial charge in [0.2, 0.25) is 0 Å². The van der Waals surface area contributed by atoms with Crippen LogP contribution in [0.2, 0.25) is 0 Å². The predicted octanol–water partition coefficient (Wildman–Crippen LogP) is 4.07. The average molecular weight is 550 g/mol. The van der Waals surface area contributed by atoms with Gasteiger partial charge in [0.15, 0.2) is 5.96 Å². The minimum absolute atomic E-state index is 0. The Labute approximate surface area is 196 Å². The van der Waals surface area contributed by atoms with E-state index < -0.39 is 9.84 Å². The van der Waals surface area contributed by atoms with Crippen molar-refractivity contribution in [3.8, 4) is 0 Å². The van der Waals surface area contributed by atoms with Crippen LogP contribution in [0, 0.1) is 0 Å². The normalized spacial score (nSPS) is 13.0. The Hall–Kier alpha value is -1.00. The molecule has 0 aromatic heterocycles. The highest BCUT2D eigenvalue weighted by atomic mass is 127. The summed E-state index contributed by atoms with van der Waals surface area (Å²) in [5.41, 5.74) is 1.35. The van der Waals surface area contributed by atoms with Crippen molar-refractivity contribution in [2.45, 2.75) is 32.1 Å². The molecule has 162 valence electrons. The number of rotatable bonds is 10. The van der Waals surface area contributed by atoms with E-state index in [0.717, 1.165) is 24.0 Å². The molecule has 0 radical (unpaired) electrons. The third-order valence-corrected chi connectivity index (χ3v) is 6.26. The molecule has 0 saturated heterocycles. The molecule has 29 heavy (non-hydrogen) atoms. The maximum absolute atomic E-state index is 11.3. The third-order valence-electron chi connectivity index (χ3n) is 4.29. The highest BCUT2D eigenvalue weighted by Crippen LogP contribution is 2.22. The molecule has 0 aliphatic rings. The van der Waals surface area contributed by atoms with Crippen molar-refractivity contribution in [1.29, 1.82) is 0 Å². The molecule has 1 unspecified atom stereocenters. The zero-order valence-electron chi connectivity index (χ0n) is 17.3. The Bertz CT molecular complexity index is 883. The number of guanidine groups is 1. The van der Waals surface area contributed by atoms with Crippen LogP contribution in [0.4, 0.5) is 0 Å². The van der Waals surface area contributed by atoms with Crippen molar-refractivity contribution in [2.75, 3.05) is 30.9 Å². The van der Waals surface area contributed by atoms with Gasteiger partial charge in [-0.2, -0.15) is 11.8 Å². The van der Waals surface area contributed by atoms with E-state index in [9.17, 15) is 8.42 Å². The molecule has 2 aromatic carbocycles. The van der Waals surface area contributed by atoms with Crippen LogP contribution in [-0.4, -0.2) is 51.3 Å². The fourth-order valence-electron chi connectivity index (χ4n) is 2.84. The van der Waals surface area contributed by atoms with Gasteiger partial charge < -0.3 is 10.6 Å². The highest BCUT2D eigenvalue weighted by Gasteiger charge is 2.09. The quantitative estimate of drug-likeness (QED) is 0.203. The molecule has 0 aliphatic heterocycles. The summed E-state index contributed by atoms with van der Waals surface area (Å²) in [6.45, 7) is 5.48. The number of halogens is 1. The van der Waals surface area contributed by atoms with Crippen molar-refractivity contribution in [3.05, 3.63) is 48.0 Å². The summed E-state index contributed by atoms with van der Waals surface area (Å²) in [4.78, 5) is 4.62. The summed E-state index contributed by atoms with van der Waals surface area (Å²) in [7, 11) is -2.94. The summed E-state index contributed by atoms with van der Waals surface area (Å²) >= 11 is 1.87. The maximum Gasteiger partial charge on any atom is 0.191 e. The summed E-state index contributed by atoms with van der Waals surface area (Å²) in [5.74, 6) is 2.82. The molecule has 1 atom stereocenters. The summed E-state index contributed by atoms with van der Waals surface area (Å²) in [5, 5.41) is 9.11. The SMILES string of the molecule is CCNC(=NCCSCc1cccc2ccccc12)NC(C)CCS(C)(=O)=O.I. The molecule has 5 nitrogen and oxygen atoms in total. The lowest BCUT2D eigenvalue weighted by atomic mass is 10.1. The van der Waals surface area contributed by atoms with Gasteiger partial charge in [0.1, 0.15) is 9.84 Å². The molecule has 0 fully saturated rings. The molecule has 0 spiro atoms. The first-order valence-corrected chi connectivity index (χ1v) is 12.9. The van der Waals surface area contributed by atoms with E-state index in [1.807, 2.05) is 25.6 Å². The topological polar surface area (TPSA) is 70.6 Å². The van der Waals surface area contributed by atoms with Gasteiger partial charge in [0, 0.05) is 30.3 Å². The van der Waals surface area contributed by atoms with E-state index >= 15 is 0 Å². The van der Waals surface area contributed by atoms with Crippen LogP contribution in [0.5, 0.6) is 0 Å². The van der Waals surface area contributed by atoms with E-state index in [-0.39, 0.29) is 35.8 Å². The zero-order chi connectivity index (χ0) is 20.4. The van der Waals surface area contributed by atoms with Crippen LogP contribution in [-0.2, 0) is 15.6 Å². The smallest absolute Gasteiger partial charge is 0.191 e. The van der Waals surface area contributed by atoms with Crippen LogP contribution in [0.1, 0.15) is 25.8 Å². The fraction of sp³-hybridized carbons (Fsp3) is 0.476. The average Bonchev–Trinajstić information content (AvgIpc) is 2.66. The van der Waals surface area contributed by atoms with Gasteiger partial charge in [0.25, 0.3) is 0 Å². The van der Waals surface area contributed by atoms with Crippen LogP contribution in [0.25, 0.3) is 10.8 Å². The molecule has 2 aromatic rings. The summed E-state index contributed by atoms with van der Waals surface area (Å²) < 4.78 is 22.6. The van der Waals surface area contributed by atoms with Gasteiger partial charge >= 0.3 is 0 Å². The molecule has 0 bridgehead atoms. The Morgan fingerprint density at radius 2 is 1.90 bits per heavy atom. The van der Waals surface area contributed by atoms with Gasteiger partial charge in [-0.05, 0) is 36.6 Å². The lowest BCUT2D eigenvalue weighted by Gasteiger charge is -2.17. The van der Waals surface area contributed by atoms with E-state index in [4.69, 9.17) is 0 Å². The van der Waals surface area contributed by atoms with Crippen molar-refractivity contribution in [1.82, 2.24) is 10.6 Å². The second-order valence-electron chi connectivity index (χ2n) is 6.92. The Morgan fingerprint density at radius 3 is 2.62 bits per heavy atom. The number of nitrogens with one attached hydrogen (secondary N) is 2. The second-order valence-corrected chi connectivity index (χ2v) is 10.3. The second kappa shape index (κ2) is 13.3. The molecule has 0 saturated carbocycles. The third kappa shape index (κ3) is 10.0. The zero-order valence-corrected chi connectivity index (χ0v) is 21.3. The lowest BCUT2D eigenvalue weighted by molar-refractivity contribution is 0.581. The van der Waals surface area contributed by atoms with E-state index in [0.29, 0.717) is 13.0 Å². The lowest BCUT2D eigenvalue weighted by Crippen LogP contribution is -2.43. The van der Waals surface area contributed by atoms with Crippen LogP contribution in [0.15, 0.2) is 47.5 Å². The number of hydrogen-bond donors (Lipinski definition) is 2. The van der Waals surface area contributed by atoms with Crippen molar-refractivity contribution in [2.24, 2.45) is 4.99 Å². The Morgan fingerprint density at radius 1 is 1.17 bits per heavy atom. The van der Waals surface area contributed by atoms with E-state index in [2.05, 4.69) is 58.1 Å². The predicted molar refractivity (Wildman–Crippen MR) is 138 cm³/mol. The fourth-order valence-corrected chi connectivity index (χ4v) is 4.46. The monoisotopic (exact) mass is 549 g/mol. The van der Waals surface area contributed by atoms with Crippen molar-refractivity contribution in [3.63, 3.8) is 0 Å². The Kier molecular flexibility index (Phi) is 12.0. The van der Waals surface area contributed by atoms with Gasteiger partial charge in [-0.15, -0.1) is 24.0 Å². The Balaban J connectivity index is 0.00000420. The number of aliphatic imine (C=N–C) groups is 1. The van der Waals surface area contributed by atoms with Gasteiger partial charge in [0.05, 0.1) is 12.3 Å².